The number of aliphatic hydroxyl groups is 1. The monoisotopic (exact) mass is 284 g/mol. The summed E-state index contributed by atoms with van der Waals surface area (Å²) in [7, 11) is -1.06. The summed E-state index contributed by atoms with van der Waals surface area (Å²) in [5.74, 6) is -1.07. The maximum Gasteiger partial charge on any atom is 0.304 e. The first-order valence-corrected chi connectivity index (χ1v) is 6.82. The van der Waals surface area contributed by atoms with Gasteiger partial charge in [0.2, 0.25) is 0 Å². The third-order valence-electron chi connectivity index (χ3n) is 2.21. The average molecular weight is 284 g/mol. The Morgan fingerprint density at radius 2 is 2.11 bits per heavy atom. The normalized spacial score (nSPS) is 13.8. The largest absolute Gasteiger partial charge is 0.481 e. The number of nitrogens with one attached hydrogen (secondary N) is 1. The van der Waals surface area contributed by atoms with Crippen LogP contribution in [-0.2, 0) is 19.7 Å². The molecule has 1 unspecified atom stereocenters. The highest BCUT2D eigenvalue weighted by atomic mass is 32.2. The number of aliphatic hydroxyl groups excluding tert-OH is 1. The van der Waals surface area contributed by atoms with Crippen LogP contribution >= 0.6 is 0 Å². The molecule has 0 aromatic carbocycles. The lowest BCUT2D eigenvalue weighted by molar-refractivity contribution is -0.137. The van der Waals surface area contributed by atoms with Crippen molar-refractivity contribution in [2.45, 2.75) is 18.9 Å². The number of aliphatic carboxylic acids is 1. The molecule has 0 amide bonds. The Balaban J connectivity index is 4.45. The highest BCUT2D eigenvalue weighted by Gasteiger charge is 2.22. The molecule has 0 saturated carbocycles. The van der Waals surface area contributed by atoms with Gasteiger partial charge in [-0.05, 0) is 6.42 Å². The minimum absolute atomic E-state index is 0.122. The Labute approximate surface area is 107 Å². The molecule has 3 N–H and O–H groups in total. The summed E-state index contributed by atoms with van der Waals surface area (Å²) in [6.07, 6.45) is -0.0494. The summed E-state index contributed by atoms with van der Waals surface area (Å²) in [5.41, 5.74) is 0. The number of ether oxygens (including phenoxy) is 1. The quantitative estimate of drug-likeness (QED) is 0.455. The number of hydrogen-bond acceptors (Lipinski definition) is 5. The molecule has 0 aliphatic rings. The number of methoxy groups -OCH3 is 1. The van der Waals surface area contributed by atoms with Crippen molar-refractivity contribution >= 4 is 16.2 Å². The number of rotatable bonds is 10. The van der Waals surface area contributed by atoms with Gasteiger partial charge in [0.15, 0.2) is 0 Å². The molecule has 0 radical (unpaired) electrons. The Kier molecular flexibility index (Phi) is 8.03. The van der Waals surface area contributed by atoms with Gasteiger partial charge >= 0.3 is 5.97 Å². The summed E-state index contributed by atoms with van der Waals surface area (Å²) < 4.78 is 31.7. The summed E-state index contributed by atoms with van der Waals surface area (Å²) in [6, 6.07) is -0.544. The molecule has 0 spiro atoms. The van der Waals surface area contributed by atoms with Crippen molar-refractivity contribution in [1.82, 2.24) is 9.03 Å². The van der Waals surface area contributed by atoms with Crippen molar-refractivity contribution in [2.75, 3.05) is 33.9 Å². The summed E-state index contributed by atoms with van der Waals surface area (Å²) >= 11 is 0. The zero-order chi connectivity index (χ0) is 14.2. The second-order valence-electron chi connectivity index (χ2n) is 3.75. The van der Waals surface area contributed by atoms with Gasteiger partial charge in [0.05, 0.1) is 13.0 Å². The molecule has 0 aliphatic carbocycles. The zero-order valence-electron chi connectivity index (χ0n) is 10.5. The van der Waals surface area contributed by atoms with Gasteiger partial charge < -0.3 is 14.9 Å². The van der Waals surface area contributed by atoms with Crippen LogP contribution in [0, 0.1) is 0 Å². The van der Waals surface area contributed by atoms with Crippen LogP contribution in [-0.4, -0.2) is 68.9 Å². The SMILES string of the molecule is COCC(CCO)NS(=O)(=O)N(C)CCC(=O)O. The van der Waals surface area contributed by atoms with Crippen LogP contribution in [0.1, 0.15) is 12.8 Å². The summed E-state index contributed by atoms with van der Waals surface area (Å²) in [6.45, 7) is -0.161. The molecule has 18 heavy (non-hydrogen) atoms. The highest BCUT2D eigenvalue weighted by Crippen LogP contribution is 2.01. The van der Waals surface area contributed by atoms with E-state index in [1.807, 2.05) is 0 Å². The predicted molar refractivity (Wildman–Crippen MR) is 64.3 cm³/mol. The van der Waals surface area contributed by atoms with Crippen LogP contribution in [0.2, 0.25) is 0 Å². The van der Waals surface area contributed by atoms with E-state index in [4.69, 9.17) is 14.9 Å². The van der Waals surface area contributed by atoms with E-state index in [0.29, 0.717) is 0 Å². The van der Waals surface area contributed by atoms with Crippen molar-refractivity contribution in [3.8, 4) is 0 Å². The van der Waals surface area contributed by atoms with Crippen LogP contribution in [0.25, 0.3) is 0 Å². The number of hydrogen-bond donors (Lipinski definition) is 3. The maximum atomic E-state index is 11.8. The van der Waals surface area contributed by atoms with E-state index in [1.165, 1.54) is 14.2 Å². The molecule has 0 aromatic heterocycles. The third-order valence-corrected chi connectivity index (χ3v) is 3.85. The fraction of sp³-hybridized carbons (Fsp3) is 0.889. The second kappa shape index (κ2) is 8.38. The van der Waals surface area contributed by atoms with Crippen molar-refractivity contribution in [3.05, 3.63) is 0 Å². The minimum Gasteiger partial charge on any atom is -0.481 e. The third kappa shape index (κ3) is 6.87. The molecule has 0 saturated heterocycles. The smallest absolute Gasteiger partial charge is 0.304 e. The molecule has 0 rings (SSSR count). The van der Waals surface area contributed by atoms with E-state index >= 15 is 0 Å². The second-order valence-corrected chi connectivity index (χ2v) is 5.56. The molecule has 1 atom stereocenters. The highest BCUT2D eigenvalue weighted by molar-refractivity contribution is 7.87. The molecular weight excluding hydrogens is 264 g/mol. The number of carboxylic acids is 1. The standard InChI is InChI=1S/C9H20N2O6S/c1-11(5-3-9(13)14)18(15,16)10-8(4-6-12)7-17-2/h8,10,12H,3-7H2,1-2H3,(H,13,14). The maximum absolute atomic E-state index is 11.8. The van der Waals surface area contributed by atoms with Gasteiger partial charge in [0.1, 0.15) is 0 Å². The van der Waals surface area contributed by atoms with Crippen LogP contribution in [0.3, 0.4) is 0 Å². The van der Waals surface area contributed by atoms with Gasteiger partial charge in [-0.25, -0.2) is 0 Å². The Hall–Kier alpha value is -0.740. The number of carboxylic acid groups (broad SMARTS) is 1. The Morgan fingerprint density at radius 3 is 2.56 bits per heavy atom. The van der Waals surface area contributed by atoms with Gasteiger partial charge in [-0.3, -0.25) is 4.79 Å². The molecule has 0 aliphatic heterocycles. The van der Waals surface area contributed by atoms with Crippen LogP contribution in [0.15, 0.2) is 0 Å². The molecule has 0 fully saturated rings. The molecule has 0 heterocycles. The summed E-state index contributed by atoms with van der Waals surface area (Å²) in [5, 5.41) is 17.3. The van der Waals surface area contributed by atoms with E-state index in [9.17, 15) is 13.2 Å². The first kappa shape index (κ1) is 17.3. The van der Waals surface area contributed by atoms with E-state index < -0.39 is 22.2 Å². The minimum atomic E-state index is -3.77. The van der Waals surface area contributed by atoms with Crippen molar-refractivity contribution in [2.24, 2.45) is 0 Å². The van der Waals surface area contributed by atoms with Crippen molar-refractivity contribution in [1.29, 1.82) is 0 Å². The van der Waals surface area contributed by atoms with Crippen LogP contribution in [0.4, 0.5) is 0 Å². The number of carbonyl (C=O) groups is 1. The predicted octanol–water partition coefficient (Wildman–Crippen LogP) is -1.38. The average Bonchev–Trinajstić information content (AvgIpc) is 2.25. The van der Waals surface area contributed by atoms with Crippen LogP contribution < -0.4 is 4.72 Å². The van der Waals surface area contributed by atoms with Gasteiger partial charge in [-0.15, -0.1) is 0 Å². The lowest BCUT2D eigenvalue weighted by atomic mass is 10.2. The van der Waals surface area contributed by atoms with Gasteiger partial charge in [0.25, 0.3) is 10.2 Å². The van der Waals surface area contributed by atoms with E-state index in [1.54, 1.807) is 0 Å². The summed E-state index contributed by atoms with van der Waals surface area (Å²) in [4.78, 5) is 10.4. The van der Waals surface area contributed by atoms with E-state index in [0.717, 1.165) is 4.31 Å². The Bertz CT molecular complexity index is 339. The molecule has 0 bridgehead atoms. The topological polar surface area (TPSA) is 116 Å². The lowest BCUT2D eigenvalue weighted by Gasteiger charge is -2.22. The van der Waals surface area contributed by atoms with E-state index in [2.05, 4.69) is 4.72 Å². The molecule has 9 heteroatoms. The van der Waals surface area contributed by atoms with Gasteiger partial charge in [0, 0.05) is 33.4 Å². The lowest BCUT2D eigenvalue weighted by Crippen LogP contribution is -2.46. The first-order chi connectivity index (χ1) is 8.33. The number of nitrogens with zero attached hydrogens (tertiary/aromatic N) is 1. The first-order valence-electron chi connectivity index (χ1n) is 5.38. The molecule has 0 aromatic rings. The van der Waals surface area contributed by atoms with Crippen molar-refractivity contribution < 1.29 is 28.2 Å². The Morgan fingerprint density at radius 1 is 1.50 bits per heavy atom. The molecular formula is C9H20N2O6S. The van der Waals surface area contributed by atoms with Crippen LogP contribution in [0.5, 0.6) is 0 Å². The van der Waals surface area contributed by atoms with Gasteiger partial charge in [-0.1, -0.05) is 0 Å². The van der Waals surface area contributed by atoms with Gasteiger partial charge in [-0.2, -0.15) is 17.4 Å². The molecule has 108 valence electrons. The van der Waals surface area contributed by atoms with Crippen molar-refractivity contribution in [3.63, 3.8) is 0 Å². The zero-order valence-corrected chi connectivity index (χ0v) is 11.3. The fourth-order valence-corrected chi connectivity index (χ4v) is 2.33. The molecule has 8 nitrogen and oxygen atoms in total. The van der Waals surface area contributed by atoms with E-state index in [-0.39, 0.29) is 32.6 Å². The fourth-order valence-electron chi connectivity index (χ4n) is 1.21.